The lowest BCUT2D eigenvalue weighted by Crippen LogP contribution is -2.40. The molecule has 0 bridgehead atoms. The van der Waals surface area contributed by atoms with Crippen molar-refractivity contribution in [2.45, 2.75) is 24.4 Å². The van der Waals surface area contributed by atoms with Crippen LogP contribution in [0.15, 0.2) is 24.3 Å². The third-order valence-corrected chi connectivity index (χ3v) is 4.40. The molecule has 1 aliphatic carbocycles. The summed E-state index contributed by atoms with van der Waals surface area (Å²) >= 11 is 0. The predicted octanol–water partition coefficient (Wildman–Crippen LogP) is 0.976. The van der Waals surface area contributed by atoms with Gasteiger partial charge in [0.15, 0.2) is 0 Å². The van der Waals surface area contributed by atoms with Gasteiger partial charge < -0.3 is 15.7 Å². The van der Waals surface area contributed by atoms with Crippen molar-refractivity contribution in [1.29, 1.82) is 0 Å². The summed E-state index contributed by atoms with van der Waals surface area (Å²) in [6.07, 6.45) is 0.954. The van der Waals surface area contributed by atoms with Gasteiger partial charge in [-0.1, -0.05) is 18.2 Å². The standard InChI is InChI=1S/C15H19FN2O2.ClH/c16-12-4-2-1-3-11(12)15(5-6-15)14(20)18-8-10-7-17-9-13(10)19;/h1-4,10,13,17,19H,5-9H2,(H,18,20);1H. The van der Waals surface area contributed by atoms with E-state index >= 15 is 0 Å². The van der Waals surface area contributed by atoms with Gasteiger partial charge in [0.2, 0.25) is 5.91 Å². The van der Waals surface area contributed by atoms with Crippen LogP contribution in [-0.2, 0) is 10.2 Å². The zero-order chi connectivity index (χ0) is 14.2. The summed E-state index contributed by atoms with van der Waals surface area (Å²) in [4.78, 5) is 12.4. The van der Waals surface area contributed by atoms with Crippen molar-refractivity contribution in [1.82, 2.24) is 10.6 Å². The number of rotatable bonds is 4. The number of carbonyl (C=O) groups excluding carboxylic acids is 1. The highest BCUT2D eigenvalue weighted by Crippen LogP contribution is 2.49. The summed E-state index contributed by atoms with van der Waals surface area (Å²) in [5.74, 6) is -0.403. The molecule has 3 N–H and O–H groups in total. The van der Waals surface area contributed by atoms with E-state index in [0.717, 1.165) is 0 Å². The minimum Gasteiger partial charge on any atom is -0.391 e. The Bertz CT molecular complexity index is 522. The van der Waals surface area contributed by atoms with Crippen LogP contribution in [0.1, 0.15) is 18.4 Å². The third-order valence-electron chi connectivity index (χ3n) is 4.40. The molecule has 21 heavy (non-hydrogen) atoms. The molecule has 2 atom stereocenters. The largest absolute Gasteiger partial charge is 0.391 e. The highest BCUT2D eigenvalue weighted by molar-refractivity contribution is 5.91. The molecule has 4 nitrogen and oxygen atoms in total. The zero-order valence-electron chi connectivity index (χ0n) is 11.6. The van der Waals surface area contributed by atoms with Crippen molar-refractivity contribution in [2.75, 3.05) is 19.6 Å². The number of hydrogen-bond acceptors (Lipinski definition) is 3. The summed E-state index contributed by atoms with van der Waals surface area (Å²) in [7, 11) is 0. The lowest BCUT2D eigenvalue weighted by Gasteiger charge is -2.19. The van der Waals surface area contributed by atoms with Crippen molar-refractivity contribution in [3.63, 3.8) is 0 Å². The summed E-state index contributed by atoms with van der Waals surface area (Å²) in [5, 5.41) is 15.7. The molecule has 3 rings (SSSR count). The number of halogens is 2. The molecule has 2 fully saturated rings. The van der Waals surface area contributed by atoms with Gasteiger partial charge in [-0.3, -0.25) is 4.79 Å². The fourth-order valence-electron chi connectivity index (χ4n) is 2.91. The van der Waals surface area contributed by atoms with Crippen LogP contribution >= 0.6 is 12.4 Å². The van der Waals surface area contributed by atoms with Gasteiger partial charge >= 0.3 is 0 Å². The Labute approximate surface area is 129 Å². The second-order valence-electron chi connectivity index (χ2n) is 5.76. The number of hydrogen-bond donors (Lipinski definition) is 3. The predicted molar refractivity (Wildman–Crippen MR) is 79.9 cm³/mol. The molecule has 2 aliphatic rings. The number of benzene rings is 1. The van der Waals surface area contributed by atoms with Gasteiger partial charge in [0, 0.05) is 31.1 Å². The Morgan fingerprint density at radius 1 is 1.38 bits per heavy atom. The second kappa shape index (κ2) is 6.30. The van der Waals surface area contributed by atoms with E-state index in [0.29, 0.717) is 38.0 Å². The molecule has 2 unspecified atom stereocenters. The normalized spacial score (nSPS) is 26.0. The van der Waals surface area contributed by atoms with E-state index in [1.165, 1.54) is 6.07 Å². The smallest absolute Gasteiger partial charge is 0.230 e. The summed E-state index contributed by atoms with van der Waals surface area (Å²) in [6.45, 7) is 1.70. The van der Waals surface area contributed by atoms with Crippen LogP contribution in [0.3, 0.4) is 0 Å². The highest BCUT2D eigenvalue weighted by Gasteiger charge is 2.52. The van der Waals surface area contributed by atoms with E-state index in [1.54, 1.807) is 18.2 Å². The Morgan fingerprint density at radius 2 is 2.10 bits per heavy atom. The van der Waals surface area contributed by atoms with Crippen LogP contribution in [0.5, 0.6) is 0 Å². The molecule has 6 heteroatoms. The van der Waals surface area contributed by atoms with Crippen LogP contribution in [0.4, 0.5) is 4.39 Å². The maximum absolute atomic E-state index is 13.9. The molecule has 1 aliphatic heterocycles. The van der Waals surface area contributed by atoms with Gasteiger partial charge in [-0.25, -0.2) is 4.39 Å². The fraction of sp³-hybridized carbons (Fsp3) is 0.533. The Hall–Kier alpha value is -1.17. The Morgan fingerprint density at radius 3 is 2.67 bits per heavy atom. The van der Waals surface area contributed by atoms with Crippen LogP contribution in [-0.4, -0.2) is 36.8 Å². The quantitative estimate of drug-likeness (QED) is 0.776. The molecule has 0 spiro atoms. The minimum atomic E-state index is -0.692. The molecule has 1 aromatic carbocycles. The summed E-state index contributed by atoms with van der Waals surface area (Å²) in [5.41, 5.74) is -0.204. The van der Waals surface area contributed by atoms with E-state index in [9.17, 15) is 14.3 Å². The van der Waals surface area contributed by atoms with Gasteiger partial charge in [-0.05, 0) is 18.9 Å². The number of aliphatic hydroxyl groups excluding tert-OH is 1. The summed E-state index contributed by atoms with van der Waals surface area (Å²) < 4.78 is 13.9. The maximum atomic E-state index is 13.9. The molecule has 0 aromatic heterocycles. The number of aliphatic hydroxyl groups is 1. The Balaban J connectivity index is 0.00000161. The van der Waals surface area contributed by atoms with Gasteiger partial charge in [0.05, 0.1) is 11.5 Å². The fourth-order valence-corrected chi connectivity index (χ4v) is 2.91. The van der Waals surface area contributed by atoms with E-state index in [2.05, 4.69) is 10.6 Å². The molecular weight excluding hydrogens is 295 g/mol. The van der Waals surface area contributed by atoms with Crippen LogP contribution in [0, 0.1) is 11.7 Å². The van der Waals surface area contributed by atoms with Crippen LogP contribution < -0.4 is 10.6 Å². The first-order valence-electron chi connectivity index (χ1n) is 7.05. The average Bonchev–Trinajstić information content (AvgIpc) is 3.15. The van der Waals surface area contributed by atoms with E-state index < -0.39 is 11.5 Å². The Kier molecular flexibility index (Phi) is 4.86. The lowest BCUT2D eigenvalue weighted by molar-refractivity contribution is -0.123. The molecule has 0 radical (unpaired) electrons. The zero-order valence-corrected chi connectivity index (χ0v) is 12.5. The number of amides is 1. The third kappa shape index (κ3) is 3.05. The first-order chi connectivity index (χ1) is 9.63. The van der Waals surface area contributed by atoms with Gasteiger partial charge in [0.1, 0.15) is 5.82 Å². The molecule has 116 valence electrons. The van der Waals surface area contributed by atoms with E-state index in [1.807, 2.05) is 0 Å². The number of carbonyl (C=O) groups is 1. The first kappa shape index (κ1) is 16.2. The number of β-amino-alcohol motifs (C(OH)–C–C–N with tert-alkyl or cyclic N) is 1. The lowest BCUT2D eigenvalue weighted by atomic mass is 9.94. The van der Waals surface area contributed by atoms with Gasteiger partial charge in [0.25, 0.3) is 0 Å². The first-order valence-corrected chi connectivity index (χ1v) is 7.05. The average molecular weight is 315 g/mol. The second-order valence-corrected chi connectivity index (χ2v) is 5.76. The SMILES string of the molecule is Cl.O=C(NCC1CNCC1O)C1(c2ccccc2F)CC1. The van der Waals surface area contributed by atoms with Crippen molar-refractivity contribution in [3.8, 4) is 0 Å². The molecular formula is C15H20ClFN2O2. The number of nitrogens with one attached hydrogen (secondary N) is 2. The molecule has 1 aromatic rings. The monoisotopic (exact) mass is 314 g/mol. The maximum Gasteiger partial charge on any atom is 0.230 e. The van der Waals surface area contributed by atoms with Crippen molar-refractivity contribution < 1.29 is 14.3 Å². The minimum absolute atomic E-state index is 0. The molecule has 1 heterocycles. The van der Waals surface area contributed by atoms with Crippen molar-refractivity contribution in [3.05, 3.63) is 35.6 Å². The van der Waals surface area contributed by atoms with E-state index in [-0.39, 0.29) is 30.0 Å². The van der Waals surface area contributed by atoms with Gasteiger partial charge in [-0.2, -0.15) is 0 Å². The topological polar surface area (TPSA) is 61.4 Å². The van der Waals surface area contributed by atoms with Crippen molar-refractivity contribution in [2.24, 2.45) is 5.92 Å². The van der Waals surface area contributed by atoms with Crippen LogP contribution in [0.25, 0.3) is 0 Å². The van der Waals surface area contributed by atoms with Gasteiger partial charge in [-0.15, -0.1) is 12.4 Å². The molecule has 1 saturated carbocycles. The highest BCUT2D eigenvalue weighted by atomic mass is 35.5. The van der Waals surface area contributed by atoms with Crippen molar-refractivity contribution >= 4 is 18.3 Å². The van der Waals surface area contributed by atoms with Crippen LogP contribution in [0.2, 0.25) is 0 Å². The molecule has 1 amide bonds. The molecule has 1 saturated heterocycles. The summed E-state index contributed by atoms with van der Waals surface area (Å²) in [6, 6.07) is 6.48. The van der Waals surface area contributed by atoms with E-state index in [4.69, 9.17) is 0 Å².